The Kier molecular flexibility index (Phi) is 5.36. The van der Waals surface area contributed by atoms with E-state index in [0.29, 0.717) is 6.54 Å². The van der Waals surface area contributed by atoms with E-state index in [2.05, 4.69) is 11.9 Å². The third-order valence-corrected chi connectivity index (χ3v) is 2.33. The van der Waals surface area contributed by atoms with E-state index < -0.39 is 5.97 Å². The van der Waals surface area contributed by atoms with Crippen LogP contribution in [0.3, 0.4) is 0 Å². The molecule has 0 spiro atoms. The molecule has 4 heteroatoms. The van der Waals surface area contributed by atoms with Gasteiger partial charge in [-0.25, -0.2) is 4.79 Å². The van der Waals surface area contributed by atoms with Crippen molar-refractivity contribution in [3.8, 4) is 0 Å². The Morgan fingerprint density at radius 3 is 2.87 bits per heavy atom. The van der Waals surface area contributed by atoms with Crippen LogP contribution in [0.15, 0.2) is 12.2 Å². The molecule has 0 amide bonds. The summed E-state index contributed by atoms with van der Waals surface area (Å²) in [6.07, 6.45) is 3.55. The predicted octanol–water partition coefficient (Wildman–Crippen LogP) is 1.03. The van der Waals surface area contributed by atoms with E-state index >= 15 is 0 Å². The Morgan fingerprint density at radius 1 is 1.53 bits per heavy atom. The van der Waals surface area contributed by atoms with E-state index in [4.69, 9.17) is 9.84 Å². The smallest absolute Gasteiger partial charge is 0.332 e. The monoisotopic (exact) mass is 213 g/mol. The zero-order valence-corrected chi connectivity index (χ0v) is 9.00. The van der Waals surface area contributed by atoms with Gasteiger partial charge in [-0.2, -0.15) is 0 Å². The van der Waals surface area contributed by atoms with E-state index in [9.17, 15) is 4.79 Å². The van der Waals surface area contributed by atoms with Crippen molar-refractivity contribution >= 4 is 5.97 Å². The van der Waals surface area contributed by atoms with Gasteiger partial charge in [-0.05, 0) is 31.7 Å². The van der Waals surface area contributed by atoms with Crippen molar-refractivity contribution in [2.24, 2.45) is 5.92 Å². The maximum absolute atomic E-state index is 10.4. The van der Waals surface area contributed by atoms with Crippen LogP contribution in [0.1, 0.15) is 19.3 Å². The van der Waals surface area contributed by atoms with Gasteiger partial charge in [0.1, 0.15) is 0 Å². The van der Waals surface area contributed by atoms with Crippen LogP contribution in [0, 0.1) is 5.92 Å². The van der Waals surface area contributed by atoms with Crippen LogP contribution in [0.25, 0.3) is 0 Å². The van der Waals surface area contributed by atoms with Gasteiger partial charge in [0.15, 0.2) is 0 Å². The van der Waals surface area contributed by atoms with Gasteiger partial charge in [0.25, 0.3) is 0 Å². The topological polar surface area (TPSA) is 58.6 Å². The fourth-order valence-electron chi connectivity index (χ4n) is 1.15. The number of ether oxygens (including phenoxy) is 1. The van der Waals surface area contributed by atoms with Crippen LogP contribution in [0.5, 0.6) is 0 Å². The molecular weight excluding hydrogens is 194 g/mol. The molecular formula is C11H19NO3. The minimum absolute atomic E-state index is 0.203. The lowest BCUT2D eigenvalue weighted by atomic mass is 10.3. The van der Waals surface area contributed by atoms with Gasteiger partial charge in [0.2, 0.25) is 0 Å². The number of aliphatic carboxylic acids is 1. The van der Waals surface area contributed by atoms with Crippen molar-refractivity contribution in [2.75, 3.05) is 26.3 Å². The quantitative estimate of drug-likeness (QED) is 0.444. The normalized spacial score (nSPS) is 15.2. The van der Waals surface area contributed by atoms with Crippen LogP contribution in [-0.2, 0) is 9.53 Å². The summed E-state index contributed by atoms with van der Waals surface area (Å²) in [5.41, 5.74) is 0.203. The van der Waals surface area contributed by atoms with Crippen molar-refractivity contribution in [3.63, 3.8) is 0 Å². The van der Waals surface area contributed by atoms with Crippen molar-refractivity contribution < 1.29 is 14.6 Å². The predicted molar refractivity (Wildman–Crippen MR) is 57.8 cm³/mol. The van der Waals surface area contributed by atoms with Crippen LogP contribution >= 0.6 is 0 Å². The SMILES string of the molecule is C=C(CNCCCOCC1CC1)C(=O)O. The third kappa shape index (κ3) is 6.25. The van der Waals surface area contributed by atoms with E-state index in [1.54, 1.807) is 0 Å². The summed E-state index contributed by atoms with van der Waals surface area (Å²) in [6.45, 7) is 6.19. The van der Waals surface area contributed by atoms with Crippen LogP contribution in [0.2, 0.25) is 0 Å². The average Bonchev–Trinajstić information content (AvgIpc) is 2.99. The molecule has 0 heterocycles. The van der Waals surface area contributed by atoms with Crippen molar-refractivity contribution in [1.29, 1.82) is 0 Å². The molecule has 1 aliphatic carbocycles. The number of hydrogen-bond acceptors (Lipinski definition) is 3. The summed E-state index contributed by atoms with van der Waals surface area (Å²) in [5, 5.41) is 11.5. The zero-order chi connectivity index (χ0) is 11.1. The average molecular weight is 213 g/mol. The lowest BCUT2D eigenvalue weighted by Crippen LogP contribution is -2.22. The molecule has 0 aromatic rings. The first-order valence-corrected chi connectivity index (χ1v) is 5.39. The highest BCUT2D eigenvalue weighted by Crippen LogP contribution is 2.28. The molecule has 0 aliphatic heterocycles. The maximum atomic E-state index is 10.4. The minimum atomic E-state index is -0.938. The lowest BCUT2D eigenvalue weighted by molar-refractivity contribution is -0.132. The largest absolute Gasteiger partial charge is 0.478 e. The fourth-order valence-corrected chi connectivity index (χ4v) is 1.15. The number of nitrogens with one attached hydrogen (secondary N) is 1. The van der Waals surface area contributed by atoms with Crippen molar-refractivity contribution in [1.82, 2.24) is 5.32 Å². The lowest BCUT2D eigenvalue weighted by Gasteiger charge is -2.05. The summed E-state index contributed by atoms with van der Waals surface area (Å²) < 4.78 is 5.43. The second kappa shape index (κ2) is 6.58. The first-order chi connectivity index (χ1) is 7.20. The molecule has 1 fully saturated rings. The van der Waals surface area contributed by atoms with E-state index in [-0.39, 0.29) is 5.57 Å². The summed E-state index contributed by atoms with van der Waals surface area (Å²) in [6, 6.07) is 0. The number of rotatable bonds is 9. The second-order valence-corrected chi connectivity index (χ2v) is 3.96. The van der Waals surface area contributed by atoms with Gasteiger partial charge >= 0.3 is 5.97 Å². The highest BCUT2D eigenvalue weighted by molar-refractivity contribution is 5.86. The highest BCUT2D eigenvalue weighted by atomic mass is 16.5. The van der Waals surface area contributed by atoms with Gasteiger partial charge < -0.3 is 15.2 Å². The van der Waals surface area contributed by atoms with Gasteiger partial charge in [-0.15, -0.1) is 0 Å². The number of carbonyl (C=O) groups is 1. The molecule has 0 radical (unpaired) electrons. The number of carboxylic acids is 1. The van der Waals surface area contributed by atoms with E-state index in [1.807, 2.05) is 0 Å². The zero-order valence-electron chi connectivity index (χ0n) is 9.00. The molecule has 0 atom stereocenters. The third-order valence-electron chi connectivity index (χ3n) is 2.33. The molecule has 0 saturated heterocycles. The molecule has 15 heavy (non-hydrogen) atoms. The Balaban J connectivity index is 1.79. The van der Waals surface area contributed by atoms with Gasteiger partial charge in [0.05, 0.1) is 0 Å². The standard InChI is InChI=1S/C11H19NO3/c1-9(11(13)14)7-12-5-2-6-15-8-10-3-4-10/h10,12H,1-8H2,(H,13,14). The Hall–Kier alpha value is -0.870. The van der Waals surface area contributed by atoms with E-state index in [0.717, 1.165) is 32.1 Å². The molecule has 1 aliphatic rings. The summed E-state index contributed by atoms with van der Waals surface area (Å²) in [5.74, 6) is -0.128. The molecule has 1 rings (SSSR count). The molecule has 0 bridgehead atoms. The van der Waals surface area contributed by atoms with Gasteiger partial charge in [0, 0.05) is 25.3 Å². The molecule has 0 aromatic carbocycles. The Morgan fingerprint density at radius 2 is 2.27 bits per heavy atom. The summed E-state index contributed by atoms with van der Waals surface area (Å²) in [7, 11) is 0. The highest BCUT2D eigenvalue weighted by Gasteiger charge is 2.20. The van der Waals surface area contributed by atoms with Crippen LogP contribution in [-0.4, -0.2) is 37.4 Å². The maximum Gasteiger partial charge on any atom is 0.332 e. The molecule has 4 nitrogen and oxygen atoms in total. The summed E-state index contributed by atoms with van der Waals surface area (Å²) >= 11 is 0. The molecule has 0 aromatic heterocycles. The first-order valence-electron chi connectivity index (χ1n) is 5.39. The molecule has 86 valence electrons. The molecule has 1 saturated carbocycles. The van der Waals surface area contributed by atoms with Crippen LogP contribution in [0.4, 0.5) is 0 Å². The first kappa shape index (κ1) is 12.2. The Labute approximate surface area is 90.3 Å². The van der Waals surface area contributed by atoms with Crippen molar-refractivity contribution in [2.45, 2.75) is 19.3 Å². The van der Waals surface area contributed by atoms with Crippen molar-refractivity contribution in [3.05, 3.63) is 12.2 Å². The number of carboxylic acid groups (broad SMARTS) is 1. The second-order valence-electron chi connectivity index (χ2n) is 3.96. The molecule has 0 unspecified atom stereocenters. The van der Waals surface area contributed by atoms with E-state index in [1.165, 1.54) is 12.8 Å². The van der Waals surface area contributed by atoms with Gasteiger partial charge in [-0.3, -0.25) is 0 Å². The van der Waals surface area contributed by atoms with Gasteiger partial charge in [-0.1, -0.05) is 6.58 Å². The van der Waals surface area contributed by atoms with Crippen LogP contribution < -0.4 is 5.32 Å². The fraction of sp³-hybridized carbons (Fsp3) is 0.727. The number of hydrogen-bond donors (Lipinski definition) is 2. The Bertz CT molecular complexity index is 224. The minimum Gasteiger partial charge on any atom is -0.478 e. The summed E-state index contributed by atoms with van der Waals surface area (Å²) in [4.78, 5) is 10.4. The molecule has 2 N–H and O–H groups in total.